The third-order valence-corrected chi connectivity index (χ3v) is 9.03. The van der Waals surface area contributed by atoms with Crippen LogP contribution in [0.4, 0.5) is 4.79 Å². The number of nitrogens with zero attached hydrogens (tertiary/aromatic N) is 1. The maximum atomic E-state index is 12.8. The van der Waals surface area contributed by atoms with Crippen LogP contribution in [0.25, 0.3) is 0 Å². The highest BCUT2D eigenvalue weighted by Crippen LogP contribution is 2.43. The molecule has 0 radical (unpaired) electrons. The summed E-state index contributed by atoms with van der Waals surface area (Å²) in [5.41, 5.74) is 0. The van der Waals surface area contributed by atoms with Crippen molar-refractivity contribution in [3.63, 3.8) is 0 Å². The molecule has 1 saturated heterocycles. The van der Waals surface area contributed by atoms with Crippen LogP contribution in [0.1, 0.15) is 58.3 Å². The van der Waals surface area contributed by atoms with Crippen molar-refractivity contribution >= 4 is 30.1 Å². The summed E-state index contributed by atoms with van der Waals surface area (Å²) in [7, 11) is -4.66. The molecule has 0 bridgehead atoms. The molecule has 7 nitrogen and oxygen atoms in total. The minimum atomic E-state index is -3.42. The third kappa shape index (κ3) is 9.51. The molecule has 0 N–H and O–H groups in total. The summed E-state index contributed by atoms with van der Waals surface area (Å²) in [6.45, 7) is 10.4. The smallest absolute Gasteiger partial charge is 0.410 e. The van der Waals surface area contributed by atoms with Crippen LogP contribution in [0, 0.1) is 17.8 Å². The van der Waals surface area contributed by atoms with Gasteiger partial charge in [-0.2, -0.15) is 8.42 Å². The lowest BCUT2D eigenvalue weighted by molar-refractivity contribution is -0.121. The predicted molar refractivity (Wildman–Crippen MR) is 129 cm³/mol. The van der Waals surface area contributed by atoms with Crippen molar-refractivity contribution in [2.24, 2.45) is 17.8 Å². The summed E-state index contributed by atoms with van der Waals surface area (Å²) < 4.78 is 32.4. The number of piperidine rings is 1. The van der Waals surface area contributed by atoms with Gasteiger partial charge >= 0.3 is 6.09 Å². The fourth-order valence-electron chi connectivity index (χ4n) is 5.16. The van der Waals surface area contributed by atoms with Gasteiger partial charge in [-0.1, -0.05) is 26.6 Å². The van der Waals surface area contributed by atoms with Crippen molar-refractivity contribution in [2.75, 3.05) is 26.0 Å². The first-order valence-electron chi connectivity index (χ1n) is 12.2. The van der Waals surface area contributed by atoms with Crippen LogP contribution >= 0.6 is 0 Å². The van der Waals surface area contributed by atoms with E-state index in [4.69, 9.17) is 8.92 Å². The second-order valence-corrected chi connectivity index (χ2v) is 18.3. The Bertz CT molecular complexity index is 735. The molecule has 1 saturated carbocycles. The molecule has 1 heterocycles. The van der Waals surface area contributed by atoms with Crippen molar-refractivity contribution in [3.8, 4) is 0 Å². The number of fused-ring (bicyclic) bond motifs is 1. The lowest BCUT2D eigenvalue weighted by Gasteiger charge is -2.49. The van der Waals surface area contributed by atoms with Gasteiger partial charge in [-0.3, -0.25) is 8.98 Å². The van der Waals surface area contributed by atoms with Crippen molar-refractivity contribution in [1.29, 1.82) is 0 Å². The monoisotopic (exact) mass is 489 g/mol. The van der Waals surface area contributed by atoms with Gasteiger partial charge in [0, 0.05) is 33.5 Å². The first kappa shape index (κ1) is 27.3. The molecule has 32 heavy (non-hydrogen) atoms. The van der Waals surface area contributed by atoms with E-state index >= 15 is 0 Å². The summed E-state index contributed by atoms with van der Waals surface area (Å²) in [6, 6.07) is 1.15. The van der Waals surface area contributed by atoms with Gasteiger partial charge in [-0.25, -0.2) is 4.79 Å². The molecule has 9 heteroatoms. The van der Waals surface area contributed by atoms with Crippen LogP contribution in [0.2, 0.25) is 25.7 Å². The Morgan fingerprint density at radius 3 is 2.47 bits per heavy atom. The van der Waals surface area contributed by atoms with Crippen LogP contribution in [-0.2, 0) is 23.8 Å². The number of likely N-dealkylation sites (tertiary alicyclic amines) is 1. The van der Waals surface area contributed by atoms with Crippen LogP contribution < -0.4 is 0 Å². The molecule has 0 aromatic carbocycles. The molecule has 4 atom stereocenters. The number of hydrogen-bond acceptors (Lipinski definition) is 6. The Morgan fingerprint density at radius 2 is 1.81 bits per heavy atom. The summed E-state index contributed by atoms with van der Waals surface area (Å²) in [5, 5.41) is 0. The molecule has 2 aliphatic rings. The second kappa shape index (κ2) is 12.0. The quantitative estimate of drug-likeness (QED) is 0.237. The highest BCUT2D eigenvalue weighted by atomic mass is 32.2. The summed E-state index contributed by atoms with van der Waals surface area (Å²) in [6.07, 6.45) is 7.11. The first-order chi connectivity index (χ1) is 14.9. The topological polar surface area (TPSA) is 90.0 Å². The maximum Gasteiger partial charge on any atom is 0.410 e. The Hall–Kier alpha value is -0.933. The van der Waals surface area contributed by atoms with Gasteiger partial charge < -0.3 is 9.64 Å². The molecule has 186 valence electrons. The zero-order valence-electron chi connectivity index (χ0n) is 20.6. The van der Waals surface area contributed by atoms with E-state index in [1.807, 2.05) is 4.90 Å². The molecule has 1 aliphatic heterocycles. The van der Waals surface area contributed by atoms with E-state index in [1.165, 1.54) is 0 Å². The zero-order valence-corrected chi connectivity index (χ0v) is 22.4. The molecule has 1 aliphatic carbocycles. The molecule has 2 rings (SSSR count). The number of hydrogen-bond donors (Lipinski definition) is 0. The molecular weight excluding hydrogens is 446 g/mol. The largest absolute Gasteiger partial charge is 0.450 e. The Morgan fingerprint density at radius 1 is 1.09 bits per heavy atom. The number of unbranched alkanes of at least 4 members (excludes halogenated alkanes) is 1. The lowest BCUT2D eigenvalue weighted by Crippen LogP contribution is -2.53. The van der Waals surface area contributed by atoms with Crippen molar-refractivity contribution in [3.05, 3.63) is 0 Å². The van der Waals surface area contributed by atoms with Crippen molar-refractivity contribution in [2.45, 2.75) is 90.0 Å². The average molecular weight is 490 g/mol. The van der Waals surface area contributed by atoms with Gasteiger partial charge in [-0.15, -0.1) is 0 Å². The minimum absolute atomic E-state index is 0.131. The molecule has 0 spiro atoms. The van der Waals surface area contributed by atoms with E-state index in [0.717, 1.165) is 44.5 Å². The molecule has 1 amide bonds. The SMILES string of the molecule is C[C@@H]1C[C@H](CC(=O)CCCCOS(C)(=O)=O)[C@H]2CCCN(C(=O)OCC[Si](C)(C)C)[C@@H]2C1. The van der Waals surface area contributed by atoms with E-state index in [-0.39, 0.29) is 24.5 Å². The number of ether oxygens (including phenoxy) is 1. The van der Waals surface area contributed by atoms with Crippen LogP contribution in [0.15, 0.2) is 0 Å². The maximum absolute atomic E-state index is 12.8. The summed E-state index contributed by atoms with van der Waals surface area (Å²) >= 11 is 0. The number of carbonyl (C=O) groups excluding carboxylic acids is 2. The van der Waals surface area contributed by atoms with E-state index in [0.29, 0.717) is 50.0 Å². The third-order valence-electron chi connectivity index (χ3n) is 6.73. The van der Waals surface area contributed by atoms with Crippen LogP contribution in [-0.4, -0.2) is 65.3 Å². The Balaban J connectivity index is 1.87. The number of ketones is 1. The Kier molecular flexibility index (Phi) is 10.2. The van der Waals surface area contributed by atoms with Crippen LogP contribution in [0.3, 0.4) is 0 Å². The normalized spacial score (nSPS) is 26.5. The first-order valence-corrected chi connectivity index (χ1v) is 17.7. The predicted octanol–water partition coefficient (Wildman–Crippen LogP) is 4.69. The minimum Gasteiger partial charge on any atom is -0.450 e. The van der Waals surface area contributed by atoms with Gasteiger partial charge in [0.15, 0.2) is 0 Å². The summed E-state index contributed by atoms with van der Waals surface area (Å²) in [4.78, 5) is 27.4. The summed E-state index contributed by atoms with van der Waals surface area (Å²) in [5.74, 6) is 1.38. The lowest BCUT2D eigenvalue weighted by atomic mass is 9.66. The van der Waals surface area contributed by atoms with Gasteiger partial charge in [0.2, 0.25) is 0 Å². The fraction of sp³-hybridized carbons (Fsp3) is 0.913. The zero-order chi connectivity index (χ0) is 23.9. The van der Waals surface area contributed by atoms with E-state index < -0.39 is 18.2 Å². The molecule has 0 unspecified atom stereocenters. The van der Waals surface area contributed by atoms with Crippen molar-refractivity contribution in [1.82, 2.24) is 4.90 Å². The highest BCUT2D eigenvalue weighted by molar-refractivity contribution is 7.85. The number of carbonyl (C=O) groups is 2. The number of amides is 1. The van der Waals surface area contributed by atoms with Gasteiger partial charge in [-0.05, 0) is 62.3 Å². The number of rotatable bonds is 11. The van der Waals surface area contributed by atoms with Crippen molar-refractivity contribution < 1.29 is 26.9 Å². The van der Waals surface area contributed by atoms with E-state index in [1.54, 1.807) is 0 Å². The highest BCUT2D eigenvalue weighted by Gasteiger charge is 2.43. The molecule has 2 fully saturated rings. The number of Topliss-reactive ketones (excluding diaryl/α,β-unsaturated/α-hetero) is 1. The fourth-order valence-corrected chi connectivity index (χ4v) is 6.29. The molecule has 0 aromatic rings. The molecular formula is C23H43NO6SSi. The van der Waals surface area contributed by atoms with Crippen LogP contribution in [0.5, 0.6) is 0 Å². The Labute approximate surface area is 195 Å². The second-order valence-electron chi connectivity index (χ2n) is 11.1. The average Bonchev–Trinajstić information content (AvgIpc) is 2.65. The van der Waals surface area contributed by atoms with Gasteiger partial charge in [0.05, 0.1) is 19.5 Å². The van der Waals surface area contributed by atoms with Gasteiger partial charge in [0.25, 0.3) is 10.1 Å². The van der Waals surface area contributed by atoms with E-state index in [9.17, 15) is 18.0 Å². The standard InChI is InChI=1S/C23H43NO6SSi/c1-18-15-19(17-20(25)9-6-7-12-30-31(2,27)28)21-10-8-11-24(22(21)16-18)23(26)29-13-14-32(3,4)5/h18-19,21-22H,6-17H2,1-5H3/t18-,19-,21-,22-/m1/s1. The molecule has 0 aromatic heterocycles. The van der Waals surface area contributed by atoms with E-state index in [2.05, 4.69) is 26.6 Å². The van der Waals surface area contributed by atoms with Gasteiger partial charge in [0.1, 0.15) is 5.78 Å².